The van der Waals surface area contributed by atoms with Gasteiger partial charge < -0.3 is 10.5 Å². The van der Waals surface area contributed by atoms with Crippen LogP contribution in [0.1, 0.15) is 5.69 Å². The van der Waals surface area contributed by atoms with Gasteiger partial charge in [0.15, 0.2) is 0 Å². The number of amides is 1. The molecule has 0 unspecified atom stereocenters. The Bertz CT molecular complexity index is 894. The van der Waals surface area contributed by atoms with Crippen LogP contribution in [0, 0.1) is 6.92 Å². The molecular weight excluding hydrogens is 356 g/mol. The van der Waals surface area contributed by atoms with Crippen LogP contribution in [0.2, 0.25) is 0 Å². The van der Waals surface area contributed by atoms with E-state index in [2.05, 4.69) is 15.2 Å². The maximum Gasteiger partial charge on any atom is 0.227 e. The molecule has 6 nitrogen and oxygen atoms in total. The molecule has 1 amide bonds. The largest absolute Gasteiger partial charge is 0.497 e. The normalized spacial score (nSPS) is 10.6. The van der Waals surface area contributed by atoms with Gasteiger partial charge in [-0.1, -0.05) is 23.9 Å². The van der Waals surface area contributed by atoms with Gasteiger partial charge in [-0.3, -0.25) is 4.79 Å². The van der Waals surface area contributed by atoms with E-state index >= 15 is 0 Å². The highest BCUT2D eigenvalue weighted by atomic mass is 32.2. The Morgan fingerprint density at radius 2 is 2.12 bits per heavy atom. The van der Waals surface area contributed by atoms with E-state index in [1.807, 2.05) is 43.3 Å². The lowest BCUT2D eigenvalue weighted by molar-refractivity contribution is -0.115. The zero-order chi connectivity index (χ0) is 17.8. The summed E-state index contributed by atoms with van der Waals surface area (Å²) in [5.74, 6) is 0.604. The van der Waals surface area contributed by atoms with Gasteiger partial charge in [-0.15, -0.1) is 21.5 Å². The Kier molecular flexibility index (Phi) is 5.30. The first-order valence-electron chi connectivity index (χ1n) is 7.44. The van der Waals surface area contributed by atoms with Crippen molar-refractivity contribution in [3.05, 3.63) is 42.1 Å². The third-order valence-electron chi connectivity index (χ3n) is 3.35. The number of aromatic nitrogens is 3. The number of nitrogens with two attached hydrogens (primary N) is 1. The van der Waals surface area contributed by atoms with Gasteiger partial charge in [0, 0.05) is 5.56 Å². The number of benzene rings is 1. The van der Waals surface area contributed by atoms with Crippen LogP contribution in [0.15, 0.2) is 41.4 Å². The number of thiazole rings is 1. The van der Waals surface area contributed by atoms with Crippen molar-refractivity contribution >= 4 is 29.0 Å². The van der Waals surface area contributed by atoms with E-state index in [4.69, 9.17) is 10.5 Å². The molecule has 3 rings (SSSR count). The molecule has 0 aliphatic carbocycles. The summed E-state index contributed by atoms with van der Waals surface area (Å²) in [6, 6.07) is 11.5. The molecule has 2 heterocycles. The number of methoxy groups -OCH3 is 1. The standard InChI is InChI=1S/C17H16N4O2S2/c1-10-16(13-6-7-15(21-20-13)24-9-14(18)22)25-17(19-10)11-4-3-5-12(8-11)23-2/h3-8H,9H2,1-2H3,(H2,18,22). The summed E-state index contributed by atoms with van der Waals surface area (Å²) >= 11 is 2.83. The first-order valence-corrected chi connectivity index (χ1v) is 9.24. The predicted molar refractivity (Wildman–Crippen MR) is 99.8 cm³/mol. The zero-order valence-electron chi connectivity index (χ0n) is 13.7. The number of ether oxygens (including phenoxy) is 1. The van der Waals surface area contributed by atoms with Crippen LogP contribution in [0.25, 0.3) is 21.1 Å². The maximum atomic E-state index is 10.8. The highest BCUT2D eigenvalue weighted by molar-refractivity contribution is 7.99. The highest BCUT2D eigenvalue weighted by Crippen LogP contribution is 2.35. The lowest BCUT2D eigenvalue weighted by Gasteiger charge is -2.01. The Labute approximate surface area is 153 Å². The number of primary amides is 1. The first-order chi connectivity index (χ1) is 12.1. The number of nitrogens with zero attached hydrogens (tertiary/aromatic N) is 3. The van der Waals surface area contributed by atoms with Crippen LogP contribution in [0.4, 0.5) is 0 Å². The number of thioether (sulfide) groups is 1. The molecule has 0 saturated heterocycles. The predicted octanol–water partition coefficient (Wildman–Crippen LogP) is 3.16. The van der Waals surface area contributed by atoms with Gasteiger partial charge in [0.1, 0.15) is 21.5 Å². The topological polar surface area (TPSA) is 91.0 Å². The first kappa shape index (κ1) is 17.4. The average Bonchev–Trinajstić information content (AvgIpc) is 3.02. The SMILES string of the molecule is COc1cccc(-c2nc(C)c(-c3ccc(SCC(N)=O)nn3)s2)c1. The van der Waals surface area contributed by atoms with Gasteiger partial charge >= 0.3 is 0 Å². The number of hydrogen-bond donors (Lipinski definition) is 1. The third-order valence-corrected chi connectivity index (χ3v) is 5.52. The average molecular weight is 372 g/mol. The van der Waals surface area contributed by atoms with Crippen molar-refractivity contribution in [1.82, 2.24) is 15.2 Å². The Morgan fingerprint density at radius 3 is 2.80 bits per heavy atom. The van der Waals surface area contributed by atoms with Crippen molar-refractivity contribution in [2.45, 2.75) is 11.9 Å². The van der Waals surface area contributed by atoms with Gasteiger partial charge in [-0.25, -0.2) is 4.98 Å². The number of aryl methyl sites for hydroxylation is 1. The fraction of sp³-hybridized carbons (Fsp3) is 0.176. The van der Waals surface area contributed by atoms with Crippen LogP contribution in [-0.2, 0) is 4.79 Å². The van der Waals surface area contributed by atoms with Crippen LogP contribution in [-0.4, -0.2) is 34.0 Å². The number of carbonyl (C=O) groups is 1. The lowest BCUT2D eigenvalue weighted by atomic mass is 10.2. The summed E-state index contributed by atoms with van der Waals surface area (Å²) in [6.45, 7) is 1.95. The molecule has 0 aliphatic heterocycles. The van der Waals surface area contributed by atoms with Gasteiger partial charge in [0.2, 0.25) is 5.91 Å². The van der Waals surface area contributed by atoms with Crippen LogP contribution < -0.4 is 10.5 Å². The molecule has 0 bridgehead atoms. The summed E-state index contributed by atoms with van der Waals surface area (Å²) in [7, 11) is 1.64. The highest BCUT2D eigenvalue weighted by Gasteiger charge is 2.13. The summed E-state index contributed by atoms with van der Waals surface area (Å²) in [5.41, 5.74) is 7.79. The second kappa shape index (κ2) is 7.62. The van der Waals surface area contributed by atoms with E-state index in [1.54, 1.807) is 18.4 Å². The number of rotatable bonds is 6. The lowest BCUT2D eigenvalue weighted by Crippen LogP contribution is -2.13. The van der Waals surface area contributed by atoms with E-state index in [0.717, 1.165) is 32.6 Å². The molecule has 25 heavy (non-hydrogen) atoms. The van der Waals surface area contributed by atoms with E-state index in [0.29, 0.717) is 5.03 Å². The van der Waals surface area contributed by atoms with Gasteiger partial charge in [0.25, 0.3) is 0 Å². The van der Waals surface area contributed by atoms with Crippen LogP contribution in [0.3, 0.4) is 0 Å². The Morgan fingerprint density at radius 1 is 1.28 bits per heavy atom. The quantitative estimate of drug-likeness (QED) is 0.668. The maximum absolute atomic E-state index is 10.8. The minimum Gasteiger partial charge on any atom is -0.497 e. The molecule has 0 atom stereocenters. The van der Waals surface area contributed by atoms with Gasteiger partial charge in [0.05, 0.1) is 23.4 Å². The number of carbonyl (C=O) groups excluding carboxylic acids is 1. The van der Waals surface area contributed by atoms with E-state index < -0.39 is 0 Å². The molecule has 2 aromatic heterocycles. The van der Waals surface area contributed by atoms with Crippen molar-refractivity contribution in [3.63, 3.8) is 0 Å². The fourth-order valence-electron chi connectivity index (χ4n) is 2.18. The minimum absolute atomic E-state index is 0.188. The van der Waals surface area contributed by atoms with E-state index in [1.165, 1.54) is 11.8 Å². The second-order valence-corrected chi connectivity index (χ2v) is 7.17. The Balaban J connectivity index is 1.86. The Hall–Kier alpha value is -2.45. The van der Waals surface area contributed by atoms with Crippen molar-refractivity contribution in [3.8, 4) is 26.9 Å². The van der Waals surface area contributed by atoms with Crippen molar-refractivity contribution in [1.29, 1.82) is 0 Å². The van der Waals surface area contributed by atoms with Gasteiger partial charge in [-0.05, 0) is 31.2 Å². The minimum atomic E-state index is -0.378. The summed E-state index contributed by atoms with van der Waals surface area (Å²) in [6.07, 6.45) is 0. The summed E-state index contributed by atoms with van der Waals surface area (Å²) in [5, 5.41) is 9.96. The molecule has 0 saturated carbocycles. The molecule has 0 radical (unpaired) electrons. The van der Waals surface area contributed by atoms with Crippen LogP contribution >= 0.6 is 23.1 Å². The molecule has 3 aromatic rings. The molecule has 0 fully saturated rings. The van der Waals surface area contributed by atoms with Gasteiger partial charge in [-0.2, -0.15) is 0 Å². The summed E-state index contributed by atoms with van der Waals surface area (Å²) < 4.78 is 5.27. The number of hydrogen-bond acceptors (Lipinski definition) is 7. The molecule has 1 aromatic carbocycles. The third kappa shape index (κ3) is 4.15. The summed E-state index contributed by atoms with van der Waals surface area (Å²) in [4.78, 5) is 16.4. The van der Waals surface area contributed by atoms with Crippen molar-refractivity contribution < 1.29 is 9.53 Å². The van der Waals surface area contributed by atoms with E-state index in [9.17, 15) is 4.79 Å². The van der Waals surface area contributed by atoms with Crippen molar-refractivity contribution in [2.24, 2.45) is 5.73 Å². The van der Waals surface area contributed by atoms with Crippen molar-refractivity contribution in [2.75, 3.05) is 12.9 Å². The molecule has 8 heteroatoms. The van der Waals surface area contributed by atoms with Crippen LogP contribution in [0.5, 0.6) is 5.75 Å². The molecule has 0 spiro atoms. The molecule has 0 aliphatic rings. The smallest absolute Gasteiger partial charge is 0.227 e. The fourth-order valence-corrected chi connectivity index (χ4v) is 3.76. The zero-order valence-corrected chi connectivity index (χ0v) is 15.4. The molecule has 2 N–H and O–H groups in total. The van der Waals surface area contributed by atoms with E-state index in [-0.39, 0.29) is 11.7 Å². The monoisotopic (exact) mass is 372 g/mol. The molecule has 128 valence electrons. The second-order valence-electron chi connectivity index (χ2n) is 5.18. The molecular formula is C17H16N4O2S2.